The lowest BCUT2D eigenvalue weighted by Crippen LogP contribution is -2.28. The first kappa shape index (κ1) is 19.8. The number of nitrogens with zero attached hydrogens (tertiary/aromatic N) is 2. The van der Waals surface area contributed by atoms with E-state index >= 15 is 0 Å². The first-order chi connectivity index (χ1) is 13.6. The number of carbonyl (C=O) groups is 1. The quantitative estimate of drug-likeness (QED) is 0.569. The number of aromatic nitrogens is 1. The molecule has 2 aromatic carbocycles. The monoisotopic (exact) mass is 392 g/mol. The molecule has 0 fully saturated rings. The van der Waals surface area contributed by atoms with E-state index < -0.39 is 0 Å². The molecule has 0 saturated heterocycles. The van der Waals surface area contributed by atoms with E-state index in [0.29, 0.717) is 6.54 Å². The topological polar surface area (TPSA) is 57.3 Å². The number of nitrogens with one attached hydrogen (secondary N) is 2. The number of rotatable bonds is 7. The van der Waals surface area contributed by atoms with Gasteiger partial charge in [-0.3, -0.25) is 0 Å². The van der Waals surface area contributed by atoms with Crippen LogP contribution in [0.2, 0.25) is 0 Å². The molecule has 0 aliphatic rings. The molecule has 2 N–H and O–H groups in total. The second-order valence-corrected chi connectivity index (χ2v) is 7.52. The molecule has 0 atom stereocenters. The van der Waals surface area contributed by atoms with E-state index in [0.717, 1.165) is 33.3 Å². The molecule has 0 unspecified atom stereocenters. The molecule has 0 spiro atoms. The summed E-state index contributed by atoms with van der Waals surface area (Å²) in [6, 6.07) is 21.6. The molecule has 3 aromatic rings. The van der Waals surface area contributed by atoms with Gasteiger partial charge in [-0.2, -0.15) is 0 Å². The van der Waals surface area contributed by atoms with Gasteiger partial charge in [0.25, 0.3) is 0 Å². The van der Waals surface area contributed by atoms with Crippen molar-refractivity contribution >= 4 is 29.2 Å². The lowest BCUT2D eigenvalue weighted by Gasteiger charge is -2.14. The van der Waals surface area contributed by atoms with Crippen molar-refractivity contribution in [1.82, 2.24) is 10.3 Å². The van der Waals surface area contributed by atoms with Crippen molar-refractivity contribution in [1.29, 1.82) is 0 Å². The highest BCUT2D eigenvalue weighted by Gasteiger charge is 2.04. The summed E-state index contributed by atoms with van der Waals surface area (Å²) in [6.45, 7) is 0.475. The van der Waals surface area contributed by atoms with Gasteiger partial charge in [0, 0.05) is 44.0 Å². The zero-order chi connectivity index (χ0) is 19.8. The summed E-state index contributed by atoms with van der Waals surface area (Å²) in [7, 11) is 4.00. The van der Waals surface area contributed by atoms with Crippen LogP contribution in [0.15, 0.2) is 78.0 Å². The number of thioether (sulfide) groups is 1. The maximum atomic E-state index is 12.2. The summed E-state index contributed by atoms with van der Waals surface area (Å²) in [4.78, 5) is 18.6. The fourth-order valence-electron chi connectivity index (χ4n) is 2.63. The highest BCUT2D eigenvalue weighted by Crippen LogP contribution is 2.22. The van der Waals surface area contributed by atoms with Gasteiger partial charge < -0.3 is 15.5 Å². The Labute approximate surface area is 170 Å². The minimum atomic E-state index is -0.218. The van der Waals surface area contributed by atoms with E-state index in [2.05, 4.69) is 21.7 Å². The first-order valence-electron chi connectivity index (χ1n) is 9.04. The molecule has 0 radical (unpaired) electrons. The summed E-state index contributed by atoms with van der Waals surface area (Å²) in [5.74, 6) is 0.797. The molecule has 6 heteroatoms. The van der Waals surface area contributed by atoms with Crippen molar-refractivity contribution in [3.8, 4) is 0 Å². The second kappa shape index (κ2) is 9.80. The van der Waals surface area contributed by atoms with Crippen LogP contribution in [0.25, 0.3) is 0 Å². The second-order valence-electron chi connectivity index (χ2n) is 6.53. The van der Waals surface area contributed by atoms with Crippen LogP contribution in [0.5, 0.6) is 0 Å². The largest absolute Gasteiger partial charge is 0.378 e. The van der Waals surface area contributed by atoms with Crippen molar-refractivity contribution in [2.45, 2.75) is 17.3 Å². The van der Waals surface area contributed by atoms with E-state index in [9.17, 15) is 4.79 Å². The third-order valence-corrected chi connectivity index (χ3v) is 5.10. The van der Waals surface area contributed by atoms with Gasteiger partial charge in [0.2, 0.25) is 0 Å². The van der Waals surface area contributed by atoms with E-state index in [1.807, 2.05) is 79.7 Å². The smallest absolute Gasteiger partial charge is 0.319 e. The Bertz CT molecular complexity index is 915. The van der Waals surface area contributed by atoms with Crippen molar-refractivity contribution < 1.29 is 4.79 Å². The minimum Gasteiger partial charge on any atom is -0.378 e. The van der Waals surface area contributed by atoms with Crippen LogP contribution >= 0.6 is 11.8 Å². The summed E-state index contributed by atoms with van der Waals surface area (Å²) in [5.41, 5.74) is 4.07. The molecule has 1 aromatic heterocycles. The van der Waals surface area contributed by atoms with Gasteiger partial charge in [-0.1, -0.05) is 30.3 Å². The maximum Gasteiger partial charge on any atom is 0.319 e. The van der Waals surface area contributed by atoms with Crippen molar-refractivity contribution in [3.05, 3.63) is 84.1 Å². The van der Waals surface area contributed by atoms with Crippen LogP contribution in [0, 0.1) is 0 Å². The van der Waals surface area contributed by atoms with Crippen LogP contribution in [0.3, 0.4) is 0 Å². The third-order valence-electron chi connectivity index (χ3n) is 4.09. The van der Waals surface area contributed by atoms with E-state index in [1.165, 1.54) is 0 Å². The molecule has 0 aliphatic carbocycles. The molecule has 0 saturated carbocycles. The van der Waals surface area contributed by atoms with Gasteiger partial charge in [0.1, 0.15) is 0 Å². The SMILES string of the molecule is CN(C)c1cccc(CNC(=O)Nc2cccc(CSc3ccccn3)c2)c1. The number of urea groups is 1. The van der Waals surface area contributed by atoms with Crippen LogP contribution in [-0.2, 0) is 12.3 Å². The Morgan fingerprint density at radius 3 is 2.61 bits per heavy atom. The predicted molar refractivity (Wildman–Crippen MR) is 117 cm³/mol. The van der Waals surface area contributed by atoms with Crippen LogP contribution in [-0.4, -0.2) is 25.1 Å². The average molecular weight is 393 g/mol. The predicted octanol–water partition coefficient (Wildman–Crippen LogP) is 4.76. The standard InChI is InChI=1S/C22H24N4OS/c1-26(2)20-10-6-7-17(14-20)15-24-22(27)25-19-9-5-8-18(13-19)16-28-21-11-3-4-12-23-21/h3-14H,15-16H2,1-2H3,(H2,24,25,27). The number of anilines is 2. The van der Waals surface area contributed by atoms with Crippen molar-refractivity contribution in [2.24, 2.45) is 0 Å². The molecule has 3 rings (SSSR count). The maximum absolute atomic E-state index is 12.2. The number of carbonyl (C=O) groups excluding carboxylic acids is 1. The molecule has 144 valence electrons. The lowest BCUT2D eigenvalue weighted by molar-refractivity contribution is 0.251. The summed E-state index contributed by atoms with van der Waals surface area (Å²) in [5, 5.41) is 6.79. The minimum absolute atomic E-state index is 0.218. The summed E-state index contributed by atoms with van der Waals surface area (Å²) < 4.78 is 0. The number of hydrogen-bond donors (Lipinski definition) is 2. The molecule has 0 aliphatic heterocycles. The zero-order valence-corrected chi connectivity index (χ0v) is 16.9. The molecular formula is C22H24N4OS. The van der Waals surface area contributed by atoms with Gasteiger partial charge in [0.15, 0.2) is 0 Å². The lowest BCUT2D eigenvalue weighted by atomic mass is 10.2. The van der Waals surface area contributed by atoms with Gasteiger partial charge in [-0.15, -0.1) is 11.8 Å². The van der Waals surface area contributed by atoms with Gasteiger partial charge >= 0.3 is 6.03 Å². The van der Waals surface area contributed by atoms with E-state index in [1.54, 1.807) is 18.0 Å². The zero-order valence-electron chi connectivity index (χ0n) is 16.1. The van der Waals surface area contributed by atoms with Crippen molar-refractivity contribution in [3.63, 3.8) is 0 Å². The summed E-state index contributed by atoms with van der Waals surface area (Å²) in [6.07, 6.45) is 1.79. The Morgan fingerprint density at radius 1 is 1.00 bits per heavy atom. The number of amides is 2. The van der Waals surface area contributed by atoms with Crippen molar-refractivity contribution in [2.75, 3.05) is 24.3 Å². The van der Waals surface area contributed by atoms with Gasteiger partial charge in [-0.05, 0) is 47.5 Å². The Kier molecular flexibility index (Phi) is 6.92. The first-order valence-corrected chi connectivity index (χ1v) is 10.0. The molecule has 5 nitrogen and oxygen atoms in total. The van der Waals surface area contributed by atoms with Crippen LogP contribution in [0.4, 0.5) is 16.2 Å². The van der Waals surface area contributed by atoms with Crippen LogP contribution < -0.4 is 15.5 Å². The number of hydrogen-bond acceptors (Lipinski definition) is 4. The molecule has 0 bridgehead atoms. The fourth-order valence-corrected chi connectivity index (χ4v) is 3.44. The van der Waals surface area contributed by atoms with E-state index in [-0.39, 0.29) is 6.03 Å². The molecule has 1 heterocycles. The Hall–Kier alpha value is -2.99. The molecular weight excluding hydrogens is 368 g/mol. The third kappa shape index (κ3) is 6.03. The number of pyridine rings is 1. The average Bonchev–Trinajstić information content (AvgIpc) is 2.72. The normalized spacial score (nSPS) is 10.4. The highest BCUT2D eigenvalue weighted by molar-refractivity contribution is 7.98. The summed E-state index contributed by atoms with van der Waals surface area (Å²) >= 11 is 1.67. The van der Waals surface area contributed by atoms with Gasteiger partial charge in [-0.25, -0.2) is 9.78 Å². The molecule has 2 amide bonds. The fraction of sp³-hybridized carbons (Fsp3) is 0.182. The van der Waals surface area contributed by atoms with E-state index in [4.69, 9.17) is 0 Å². The number of benzene rings is 2. The van der Waals surface area contributed by atoms with Gasteiger partial charge in [0.05, 0.1) is 5.03 Å². The molecule has 28 heavy (non-hydrogen) atoms. The Balaban J connectivity index is 1.52. The Morgan fingerprint density at radius 2 is 1.82 bits per heavy atom. The highest BCUT2D eigenvalue weighted by atomic mass is 32.2. The van der Waals surface area contributed by atoms with Crippen LogP contribution in [0.1, 0.15) is 11.1 Å².